The highest BCUT2D eigenvalue weighted by atomic mass is 79.9. The predicted octanol–water partition coefficient (Wildman–Crippen LogP) is 3.25. The summed E-state index contributed by atoms with van der Waals surface area (Å²) in [6.45, 7) is 0.926. The van der Waals surface area contributed by atoms with E-state index in [4.69, 9.17) is 0 Å². The summed E-state index contributed by atoms with van der Waals surface area (Å²) in [4.78, 5) is 39.9. The monoisotopic (exact) mass is 482 g/mol. The summed E-state index contributed by atoms with van der Waals surface area (Å²) in [6.07, 6.45) is 3.15. The van der Waals surface area contributed by atoms with Crippen molar-refractivity contribution in [3.63, 3.8) is 0 Å². The van der Waals surface area contributed by atoms with Gasteiger partial charge >= 0.3 is 0 Å². The Bertz CT molecular complexity index is 1150. The maximum Gasteiger partial charge on any atom is 0.286 e. The highest BCUT2D eigenvalue weighted by molar-refractivity contribution is 9.10. The molecular weight excluding hydrogens is 460 g/mol. The number of likely N-dealkylation sites (tertiary alicyclic amines) is 1. The molecule has 1 aliphatic heterocycles. The molecule has 1 saturated heterocycles. The Labute approximate surface area is 188 Å². The molecular formula is C23H23BrN4O3. The van der Waals surface area contributed by atoms with Crippen molar-refractivity contribution in [1.29, 1.82) is 0 Å². The maximum absolute atomic E-state index is 13.2. The number of halogens is 1. The first kappa shape index (κ1) is 21.1. The summed E-state index contributed by atoms with van der Waals surface area (Å²) in [5.41, 5.74) is 6.04. The molecule has 2 heterocycles. The van der Waals surface area contributed by atoms with Gasteiger partial charge in [0.05, 0.1) is 5.92 Å². The first-order valence-electron chi connectivity index (χ1n) is 10.1. The van der Waals surface area contributed by atoms with Crippen LogP contribution >= 0.6 is 15.9 Å². The van der Waals surface area contributed by atoms with Crippen molar-refractivity contribution in [2.45, 2.75) is 12.8 Å². The van der Waals surface area contributed by atoms with Crippen molar-refractivity contribution < 1.29 is 14.4 Å². The normalized spacial score (nSPS) is 16.2. The van der Waals surface area contributed by atoms with Crippen molar-refractivity contribution in [3.8, 4) is 0 Å². The van der Waals surface area contributed by atoms with Crippen LogP contribution in [0.1, 0.15) is 33.7 Å². The molecule has 1 aliphatic rings. The van der Waals surface area contributed by atoms with Crippen LogP contribution < -0.4 is 10.9 Å². The Morgan fingerprint density at radius 3 is 2.61 bits per heavy atom. The number of aromatic nitrogens is 1. The molecule has 1 unspecified atom stereocenters. The minimum atomic E-state index is -0.402. The molecule has 1 aromatic heterocycles. The number of hydrogen-bond donors (Lipinski definition) is 2. The number of amides is 3. The van der Waals surface area contributed by atoms with E-state index >= 15 is 0 Å². The second kappa shape index (κ2) is 8.93. The van der Waals surface area contributed by atoms with Gasteiger partial charge in [-0.25, -0.2) is 0 Å². The van der Waals surface area contributed by atoms with Crippen molar-refractivity contribution in [3.05, 3.63) is 70.5 Å². The molecule has 0 aliphatic carbocycles. The summed E-state index contributed by atoms with van der Waals surface area (Å²) < 4.78 is 2.44. The van der Waals surface area contributed by atoms with E-state index in [2.05, 4.69) is 26.8 Å². The lowest BCUT2D eigenvalue weighted by molar-refractivity contribution is -0.127. The number of hydrazine groups is 1. The lowest BCUT2D eigenvalue weighted by Gasteiger charge is -2.32. The van der Waals surface area contributed by atoms with Crippen LogP contribution in [0.25, 0.3) is 10.8 Å². The van der Waals surface area contributed by atoms with E-state index in [-0.39, 0.29) is 17.7 Å². The Kier molecular flexibility index (Phi) is 6.08. The van der Waals surface area contributed by atoms with Gasteiger partial charge in [-0.05, 0) is 51.7 Å². The Morgan fingerprint density at radius 1 is 1.06 bits per heavy atom. The SMILES string of the molecule is Cn1cc(Br)cc1C(=O)NNC(=O)C1CCCN(C(=O)c2cccc3ccccc23)C1. The first-order chi connectivity index (χ1) is 14.9. The molecule has 0 bridgehead atoms. The lowest BCUT2D eigenvalue weighted by Crippen LogP contribution is -2.50. The molecule has 2 aromatic carbocycles. The van der Waals surface area contributed by atoms with E-state index in [9.17, 15) is 14.4 Å². The second-order valence-corrected chi connectivity index (χ2v) is 8.63. The zero-order valence-corrected chi connectivity index (χ0v) is 18.7. The fourth-order valence-corrected chi connectivity index (χ4v) is 4.52. The van der Waals surface area contributed by atoms with Crippen LogP contribution in [-0.2, 0) is 11.8 Å². The molecule has 0 radical (unpaired) electrons. The van der Waals surface area contributed by atoms with Crippen molar-refractivity contribution in [2.75, 3.05) is 13.1 Å². The molecule has 1 fully saturated rings. The molecule has 1 atom stereocenters. The van der Waals surface area contributed by atoms with E-state index < -0.39 is 5.91 Å². The number of rotatable bonds is 3. The van der Waals surface area contributed by atoms with Gasteiger partial charge in [0.2, 0.25) is 5.91 Å². The molecule has 2 N–H and O–H groups in total. The molecule has 160 valence electrons. The Balaban J connectivity index is 1.41. The molecule has 31 heavy (non-hydrogen) atoms. The Hall–Kier alpha value is -3.13. The minimum Gasteiger partial charge on any atom is -0.345 e. The fourth-order valence-electron chi connectivity index (χ4n) is 3.99. The van der Waals surface area contributed by atoms with Crippen LogP contribution in [-0.4, -0.2) is 40.3 Å². The lowest BCUT2D eigenvalue weighted by atomic mass is 9.96. The number of aryl methyl sites for hydroxylation is 1. The van der Waals surface area contributed by atoms with Gasteiger partial charge in [-0.15, -0.1) is 0 Å². The Morgan fingerprint density at radius 2 is 1.84 bits per heavy atom. The van der Waals surface area contributed by atoms with Crippen LogP contribution in [0.3, 0.4) is 0 Å². The quantitative estimate of drug-likeness (QED) is 0.562. The molecule has 7 nitrogen and oxygen atoms in total. The number of piperidine rings is 1. The molecule has 0 saturated carbocycles. The van der Waals surface area contributed by atoms with Gasteiger partial charge in [-0.2, -0.15) is 0 Å². The topological polar surface area (TPSA) is 83.4 Å². The van der Waals surface area contributed by atoms with Crippen molar-refractivity contribution in [1.82, 2.24) is 20.3 Å². The highest BCUT2D eigenvalue weighted by Gasteiger charge is 2.30. The molecule has 3 amide bonds. The second-order valence-electron chi connectivity index (χ2n) is 7.71. The standard InChI is InChI=1S/C23H23BrN4O3/c1-27-14-17(24)12-20(27)22(30)26-25-21(29)16-8-5-11-28(13-16)23(31)19-10-4-7-15-6-2-3-9-18(15)19/h2-4,6-7,9-10,12,14,16H,5,8,11,13H2,1H3,(H,25,29)(H,26,30). The van der Waals surface area contributed by atoms with Gasteiger partial charge in [0.25, 0.3) is 11.8 Å². The summed E-state index contributed by atoms with van der Waals surface area (Å²) in [5.74, 6) is -1.15. The zero-order chi connectivity index (χ0) is 22.0. The summed E-state index contributed by atoms with van der Waals surface area (Å²) in [7, 11) is 1.75. The number of nitrogens with zero attached hydrogens (tertiary/aromatic N) is 2. The van der Waals surface area contributed by atoms with Gasteiger partial charge in [-0.3, -0.25) is 25.2 Å². The van der Waals surface area contributed by atoms with E-state index in [1.807, 2.05) is 42.5 Å². The van der Waals surface area contributed by atoms with Gasteiger partial charge in [0.15, 0.2) is 0 Å². The average Bonchev–Trinajstić information content (AvgIpc) is 3.14. The van der Waals surface area contributed by atoms with E-state index in [1.54, 1.807) is 28.8 Å². The van der Waals surface area contributed by atoms with Crippen LogP contribution in [0, 0.1) is 5.92 Å². The number of benzene rings is 2. The van der Waals surface area contributed by atoms with E-state index in [1.165, 1.54) is 0 Å². The third-order valence-corrected chi connectivity index (χ3v) is 6.04. The largest absolute Gasteiger partial charge is 0.345 e. The van der Waals surface area contributed by atoms with E-state index in [0.717, 1.165) is 21.7 Å². The van der Waals surface area contributed by atoms with E-state index in [0.29, 0.717) is 30.8 Å². The first-order valence-corrected chi connectivity index (χ1v) is 10.9. The van der Waals surface area contributed by atoms with Crippen LogP contribution in [0.2, 0.25) is 0 Å². The fraction of sp³-hybridized carbons (Fsp3) is 0.261. The summed E-state index contributed by atoms with van der Waals surface area (Å²) >= 11 is 3.32. The molecule has 0 spiro atoms. The number of nitrogens with one attached hydrogen (secondary N) is 2. The van der Waals surface area contributed by atoms with Crippen LogP contribution in [0.4, 0.5) is 0 Å². The van der Waals surface area contributed by atoms with Crippen LogP contribution in [0.5, 0.6) is 0 Å². The van der Waals surface area contributed by atoms with Gasteiger partial charge in [-0.1, -0.05) is 36.4 Å². The molecule has 3 aromatic rings. The van der Waals surface area contributed by atoms with Crippen molar-refractivity contribution in [2.24, 2.45) is 13.0 Å². The predicted molar refractivity (Wildman–Crippen MR) is 121 cm³/mol. The van der Waals surface area contributed by atoms with Gasteiger partial charge in [0.1, 0.15) is 5.69 Å². The number of fused-ring (bicyclic) bond motifs is 1. The summed E-state index contributed by atoms with van der Waals surface area (Å²) in [6, 6.07) is 15.1. The number of carbonyl (C=O) groups is 3. The zero-order valence-electron chi connectivity index (χ0n) is 17.1. The maximum atomic E-state index is 13.2. The summed E-state index contributed by atoms with van der Waals surface area (Å²) in [5, 5.41) is 1.91. The average molecular weight is 483 g/mol. The van der Waals surface area contributed by atoms with Crippen LogP contribution in [0.15, 0.2) is 59.2 Å². The van der Waals surface area contributed by atoms with Gasteiger partial charge in [0, 0.05) is 36.4 Å². The number of carbonyl (C=O) groups excluding carboxylic acids is 3. The van der Waals surface area contributed by atoms with Crippen molar-refractivity contribution >= 4 is 44.4 Å². The number of hydrogen-bond acceptors (Lipinski definition) is 3. The highest BCUT2D eigenvalue weighted by Crippen LogP contribution is 2.23. The molecule has 4 rings (SSSR count). The van der Waals surface area contributed by atoms with Gasteiger partial charge < -0.3 is 9.47 Å². The third kappa shape index (κ3) is 4.49. The molecule has 8 heteroatoms. The third-order valence-electron chi connectivity index (χ3n) is 5.60. The smallest absolute Gasteiger partial charge is 0.286 e. The minimum absolute atomic E-state index is 0.0769.